The number of anilines is 2. The van der Waals surface area contributed by atoms with E-state index in [2.05, 4.69) is 44.9 Å². The molecule has 2 aliphatic rings. The van der Waals surface area contributed by atoms with Gasteiger partial charge in [-0.15, -0.1) is 20.4 Å². The van der Waals surface area contributed by atoms with Gasteiger partial charge in [-0.2, -0.15) is 0 Å². The van der Waals surface area contributed by atoms with E-state index in [4.69, 9.17) is 24.4 Å². The second-order valence-electron chi connectivity index (χ2n) is 9.47. The van der Waals surface area contributed by atoms with E-state index in [0.717, 1.165) is 60.3 Å². The van der Waals surface area contributed by atoms with Crippen molar-refractivity contribution in [1.82, 2.24) is 30.2 Å². The summed E-state index contributed by atoms with van der Waals surface area (Å²) >= 11 is 14.5. The number of nitrogens with one attached hydrogen (secondary N) is 2. The minimum Gasteiger partial charge on any atom is -0.302 e. The molecular formula is C25H30N8O4S5. The van der Waals surface area contributed by atoms with Gasteiger partial charge in [0.05, 0.1) is 9.89 Å². The maximum absolute atomic E-state index is 13.2. The van der Waals surface area contributed by atoms with Crippen LogP contribution in [-0.4, -0.2) is 76.2 Å². The first kappa shape index (κ1) is 32.2. The van der Waals surface area contributed by atoms with Gasteiger partial charge in [0.15, 0.2) is 0 Å². The Bertz CT molecular complexity index is 1320. The third kappa shape index (κ3) is 8.21. The van der Waals surface area contributed by atoms with E-state index in [1.165, 1.54) is 32.5 Å². The van der Waals surface area contributed by atoms with Crippen molar-refractivity contribution in [3.05, 3.63) is 20.5 Å². The van der Waals surface area contributed by atoms with Gasteiger partial charge in [0, 0.05) is 50.8 Å². The highest BCUT2D eigenvalue weighted by molar-refractivity contribution is 8.26. The monoisotopic (exact) mass is 666 g/mol. The molecule has 2 N–H and O–H groups in total. The van der Waals surface area contributed by atoms with Crippen LogP contribution in [0.2, 0.25) is 0 Å². The van der Waals surface area contributed by atoms with Gasteiger partial charge in [0.1, 0.15) is 14.3 Å². The molecule has 2 aliphatic heterocycles. The van der Waals surface area contributed by atoms with Crippen molar-refractivity contribution in [1.29, 1.82) is 0 Å². The SMILES string of the molecule is CCCCc1nnc(NC(=O)CCN2C(=O)/C(=C3\SC(=S)N(CCC(=O)Nc4nnc(CCCC)s4)C3=O)CC2=S)s1. The number of thiocarbonyl (C=S) groups is 2. The van der Waals surface area contributed by atoms with Gasteiger partial charge >= 0.3 is 0 Å². The molecule has 17 heteroatoms. The van der Waals surface area contributed by atoms with E-state index in [-0.39, 0.29) is 59.0 Å². The fourth-order valence-electron chi connectivity index (χ4n) is 4.03. The molecule has 0 aromatic carbocycles. The van der Waals surface area contributed by atoms with E-state index in [1.54, 1.807) is 0 Å². The van der Waals surface area contributed by atoms with Crippen LogP contribution in [0.3, 0.4) is 0 Å². The lowest BCUT2D eigenvalue weighted by atomic mass is 10.2. The number of rotatable bonds is 14. The van der Waals surface area contributed by atoms with Crippen molar-refractivity contribution >= 4 is 102 Å². The molecule has 2 aromatic rings. The molecular weight excluding hydrogens is 637 g/mol. The summed E-state index contributed by atoms with van der Waals surface area (Å²) in [4.78, 5) is 54.5. The third-order valence-electron chi connectivity index (χ3n) is 6.30. The number of nitrogens with zero attached hydrogens (tertiary/aromatic N) is 6. The zero-order chi connectivity index (χ0) is 30.2. The lowest BCUT2D eigenvalue weighted by Crippen LogP contribution is -2.33. The topological polar surface area (TPSA) is 150 Å². The number of thioether (sulfide) groups is 1. The Kier molecular flexibility index (Phi) is 11.6. The molecule has 2 aromatic heterocycles. The second-order valence-corrected chi connectivity index (χ2v) is 13.7. The Morgan fingerprint density at radius 3 is 1.86 bits per heavy atom. The Morgan fingerprint density at radius 1 is 0.810 bits per heavy atom. The third-order valence-corrected chi connectivity index (χ3v) is 9.95. The highest BCUT2D eigenvalue weighted by Gasteiger charge is 2.41. The number of hydrogen-bond acceptors (Lipinski definition) is 13. The first-order chi connectivity index (χ1) is 20.2. The average Bonchev–Trinajstić information content (AvgIpc) is 3.72. The summed E-state index contributed by atoms with van der Waals surface area (Å²) in [6.07, 6.45) is 5.82. The molecule has 4 heterocycles. The van der Waals surface area contributed by atoms with Gasteiger partial charge in [-0.1, -0.05) is 85.6 Å². The summed E-state index contributed by atoms with van der Waals surface area (Å²) in [6.45, 7) is 4.31. The Hall–Kier alpha value is -2.73. The van der Waals surface area contributed by atoms with Gasteiger partial charge in [0.25, 0.3) is 11.8 Å². The Balaban J connectivity index is 1.29. The summed E-state index contributed by atoms with van der Waals surface area (Å²) in [5.74, 6) is -1.48. The van der Waals surface area contributed by atoms with Crippen molar-refractivity contribution in [2.45, 2.75) is 71.6 Å². The number of aromatic nitrogens is 4. The van der Waals surface area contributed by atoms with Crippen LogP contribution in [0.1, 0.15) is 68.8 Å². The molecule has 224 valence electrons. The van der Waals surface area contributed by atoms with Crippen LogP contribution in [0.25, 0.3) is 0 Å². The zero-order valence-corrected chi connectivity index (χ0v) is 27.2. The van der Waals surface area contributed by atoms with E-state index in [0.29, 0.717) is 15.3 Å². The maximum atomic E-state index is 13.2. The average molecular weight is 667 g/mol. The number of hydrogen-bond donors (Lipinski definition) is 2. The van der Waals surface area contributed by atoms with Crippen LogP contribution in [0.4, 0.5) is 10.3 Å². The van der Waals surface area contributed by atoms with Crippen molar-refractivity contribution in [2.75, 3.05) is 23.7 Å². The molecule has 0 saturated carbocycles. The fraction of sp³-hybridized carbons (Fsp3) is 0.520. The standard InChI is InChI=1S/C25H30N8O4S5/c1-3-5-7-17-28-30-23(40-17)26-15(34)9-11-32-19(38)13-14(21(32)36)20-22(37)33(25(39)42-20)12-10-16(35)27-24-31-29-18(41-24)8-6-4-2/h3-13H2,1-2H3,(H,26,30,34)(H,27,31,35)/b20-14-. The number of amides is 4. The van der Waals surface area contributed by atoms with Crippen LogP contribution in [0.5, 0.6) is 0 Å². The second kappa shape index (κ2) is 15.1. The molecule has 2 saturated heterocycles. The van der Waals surface area contributed by atoms with Crippen molar-refractivity contribution < 1.29 is 19.2 Å². The van der Waals surface area contributed by atoms with Gasteiger partial charge < -0.3 is 15.5 Å². The van der Waals surface area contributed by atoms with Crippen molar-refractivity contribution in [2.24, 2.45) is 0 Å². The highest BCUT2D eigenvalue weighted by Crippen LogP contribution is 2.37. The van der Waals surface area contributed by atoms with Crippen LogP contribution in [0, 0.1) is 0 Å². The van der Waals surface area contributed by atoms with Gasteiger partial charge in [-0.25, -0.2) is 0 Å². The minimum absolute atomic E-state index is 0.00123. The minimum atomic E-state index is -0.434. The zero-order valence-electron chi connectivity index (χ0n) is 23.1. The summed E-state index contributed by atoms with van der Waals surface area (Å²) in [6, 6.07) is 0. The number of aryl methyl sites for hydroxylation is 2. The van der Waals surface area contributed by atoms with Crippen LogP contribution in [-0.2, 0) is 32.0 Å². The van der Waals surface area contributed by atoms with Gasteiger partial charge in [-0.3, -0.25) is 24.1 Å². The smallest absolute Gasteiger partial charge is 0.266 e. The van der Waals surface area contributed by atoms with Gasteiger partial charge in [0.2, 0.25) is 22.1 Å². The normalized spacial score (nSPS) is 17.1. The van der Waals surface area contributed by atoms with E-state index in [9.17, 15) is 19.2 Å². The predicted octanol–water partition coefficient (Wildman–Crippen LogP) is 4.11. The molecule has 0 atom stereocenters. The molecule has 4 amide bonds. The molecule has 2 fully saturated rings. The van der Waals surface area contributed by atoms with Crippen LogP contribution >= 0.6 is 58.9 Å². The Morgan fingerprint density at radius 2 is 1.33 bits per heavy atom. The molecule has 0 radical (unpaired) electrons. The molecule has 0 spiro atoms. The van der Waals surface area contributed by atoms with Crippen molar-refractivity contribution in [3.63, 3.8) is 0 Å². The molecule has 42 heavy (non-hydrogen) atoms. The molecule has 4 rings (SSSR count). The lowest BCUT2D eigenvalue weighted by molar-refractivity contribution is -0.125. The van der Waals surface area contributed by atoms with E-state index < -0.39 is 11.8 Å². The molecule has 12 nitrogen and oxygen atoms in total. The number of carbonyl (C=O) groups is 4. The van der Waals surface area contributed by atoms with E-state index >= 15 is 0 Å². The summed E-state index contributed by atoms with van der Waals surface area (Å²) < 4.78 is 0.264. The molecule has 0 bridgehead atoms. The van der Waals surface area contributed by atoms with Crippen molar-refractivity contribution in [3.8, 4) is 0 Å². The van der Waals surface area contributed by atoms with Gasteiger partial charge in [-0.05, 0) is 12.8 Å². The number of unbranched alkanes of at least 4 members (excludes halogenated alkanes) is 2. The van der Waals surface area contributed by atoms with E-state index in [1.807, 2.05) is 0 Å². The number of likely N-dealkylation sites (tertiary alicyclic amines) is 1. The summed E-state index contributed by atoms with van der Waals surface area (Å²) in [5, 5.41) is 24.1. The van der Waals surface area contributed by atoms with Crippen LogP contribution < -0.4 is 10.6 Å². The summed E-state index contributed by atoms with van der Waals surface area (Å²) in [5.41, 5.74) is 0.253. The molecule has 0 aliphatic carbocycles. The highest BCUT2D eigenvalue weighted by atomic mass is 32.2. The summed E-state index contributed by atoms with van der Waals surface area (Å²) in [7, 11) is 0. The largest absolute Gasteiger partial charge is 0.302 e. The first-order valence-electron chi connectivity index (χ1n) is 13.6. The predicted molar refractivity (Wildman–Crippen MR) is 171 cm³/mol. The number of carbonyl (C=O) groups excluding carboxylic acids is 4. The lowest BCUT2D eigenvalue weighted by Gasteiger charge is -2.15. The quantitative estimate of drug-likeness (QED) is 0.222. The maximum Gasteiger partial charge on any atom is 0.266 e. The first-order valence-corrected chi connectivity index (χ1v) is 16.8. The fourth-order valence-corrected chi connectivity index (χ4v) is 7.31. The van der Waals surface area contributed by atoms with Crippen LogP contribution in [0.15, 0.2) is 10.5 Å². The Labute approximate surface area is 266 Å². The molecule has 0 unspecified atom stereocenters.